The molecule has 1 spiro atoms. The first-order valence-corrected chi connectivity index (χ1v) is 10.4. The monoisotopic (exact) mass is 411 g/mol. The topological polar surface area (TPSA) is 53.9 Å². The van der Waals surface area contributed by atoms with Gasteiger partial charge in [-0.15, -0.1) is 0 Å². The highest BCUT2D eigenvalue weighted by Crippen LogP contribution is 2.54. The largest absolute Gasteiger partial charge is 0.459 e. The molecule has 0 aromatic heterocycles. The lowest BCUT2D eigenvalue weighted by molar-refractivity contribution is -0.112. The van der Waals surface area contributed by atoms with Crippen LogP contribution in [0.3, 0.4) is 0 Å². The van der Waals surface area contributed by atoms with E-state index >= 15 is 0 Å². The Labute approximate surface area is 182 Å². The first kappa shape index (κ1) is 19.4. The van der Waals surface area contributed by atoms with E-state index < -0.39 is 5.72 Å². The van der Waals surface area contributed by atoms with Crippen molar-refractivity contribution in [1.82, 2.24) is 0 Å². The molecule has 5 nitrogen and oxygen atoms in total. The van der Waals surface area contributed by atoms with Crippen LogP contribution in [0.1, 0.15) is 26.3 Å². The van der Waals surface area contributed by atoms with Crippen molar-refractivity contribution >= 4 is 40.0 Å². The number of hydrogen-bond acceptors (Lipinski definition) is 4. The van der Waals surface area contributed by atoms with Gasteiger partial charge in [-0.25, -0.2) is 0 Å². The van der Waals surface area contributed by atoms with Crippen molar-refractivity contribution in [2.75, 3.05) is 17.3 Å². The molecule has 1 unspecified atom stereocenters. The molecule has 0 aliphatic carbocycles. The molecule has 2 aliphatic rings. The van der Waals surface area contributed by atoms with Gasteiger partial charge in [0.25, 0.3) is 5.91 Å². The van der Waals surface area contributed by atoms with Crippen LogP contribution in [0.5, 0.6) is 5.75 Å². The summed E-state index contributed by atoms with van der Waals surface area (Å²) in [7, 11) is 2.05. The van der Waals surface area contributed by atoms with E-state index in [0.29, 0.717) is 11.3 Å². The van der Waals surface area contributed by atoms with Gasteiger partial charge in [-0.05, 0) is 56.0 Å². The molecule has 0 bridgehead atoms. The Morgan fingerprint density at radius 2 is 1.87 bits per heavy atom. The first-order chi connectivity index (χ1) is 14.7. The summed E-state index contributed by atoms with van der Waals surface area (Å²) in [6.45, 7) is 9.78. The standard InChI is InChI=1S/C26H25N3O2/c1-16(2)24(30)28-18-12-10-17-11-13-22-23(19(17)14-18)27-15-26(31-22)25(3,4)20-8-6-7-9-21(20)29(26)5/h6-15H,1H2,2-5H3,(H,28,30). The highest BCUT2D eigenvalue weighted by Gasteiger charge is 2.58. The van der Waals surface area contributed by atoms with Gasteiger partial charge in [-0.2, -0.15) is 0 Å². The highest BCUT2D eigenvalue weighted by molar-refractivity contribution is 6.06. The summed E-state index contributed by atoms with van der Waals surface area (Å²) in [5.74, 6) is 0.529. The van der Waals surface area contributed by atoms with Gasteiger partial charge >= 0.3 is 0 Å². The molecule has 3 aromatic carbocycles. The molecule has 1 amide bonds. The molecule has 5 rings (SSSR count). The van der Waals surface area contributed by atoms with E-state index in [0.717, 1.165) is 27.9 Å². The predicted molar refractivity (Wildman–Crippen MR) is 127 cm³/mol. The molecule has 2 heterocycles. The van der Waals surface area contributed by atoms with Gasteiger partial charge < -0.3 is 15.0 Å². The van der Waals surface area contributed by atoms with Crippen LogP contribution >= 0.6 is 0 Å². The summed E-state index contributed by atoms with van der Waals surface area (Å²) in [5, 5.41) is 4.84. The summed E-state index contributed by atoms with van der Waals surface area (Å²) in [5.41, 5.74) is 3.30. The highest BCUT2D eigenvalue weighted by atomic mass is 16.5. The third-order valence-corrected chi connectivity index (χ3v) is 6.57. The maximum Gasteiger partial charge on any atom is 0.250 e. The minimum absolute atomic E-state index is 0.199. The Balaban J connectivity index is 1.61. The van der Waals surface area contributed by atoms with Crippen molar-refractivity contribution in [3.8, 4) is 5.75 Å². The van der Waals surface area contributed by atoms with Crippen molar-refractivity contribution in [2.24, 2.45) is 4.99 Å². The minimum atomic E-state index is -0.719. The lowest BCUT2D eigenvalue weighted by Crippen LogP contribution is -2.61. The van der Waals surface area contributed by atoms with Gasteiger partial charge in [0.05, 0.1) is 11.6 Å². The zero-order chi connectivity index (χ0) is 22.0. The molecule has 0 saturated heterocycles. The molecule has 1 N–H and O–H groups in total. The van der Waals surface area contributed by atoms with E-state index in [1.807, 2.05) is 42.6 Å². The number of fused-ring (bicyclic) bond motifs is 4. The first-order valence-electron chi connectivity index (χ1n) is 10.4. The lowest BCUT2D eigenvalue weighted by Gasteiger charge is -2.45. The fourth-order valence-corrected chi connectivity index (χ4v) is 4.69. The van der Waals surface area contributed by atoms with E-state index in [-0.39, 0.29) is 11.3 Å². The van der Waals surface area contributed by atoms with Crippen LogP contribution in [0.25, 0.3) is 10.8 Å². The smallest absolute Gasteiger partial charge is 0.250 e. The molecule has 0 fully saturated rings. The molecular weight excluding hydrogens is 386 g/mol. The Kier molecular flexibility index (Phi) is 4.03. The lowest BCUT2D eigenvalue weighted by atomic mass is 9.77. The average Bonchev–Trinajstić information content (AvgIpc) is 2.92. The van der Waals surface area contributed by atoms with Crippen molar-refractivity contribution in [1.29, 1.82) is 0 Å². The number of nitrogens with zero attached hydrogens (tertiary/aromatic N) is 2. The Bertz CT molecular complexity index is 1290. The zero-order valence-corrected chi connectivity index (χ0v) is 18.2. The van der Waals surface area contributed by atoms with Crippen LogP contribution in [0.15, 0.2) is 71.7 Å². The molecule has 1 atom stereocenters. The van der Waals surface area contributed by atoms with Crippen LogP contribution in [0, 0.1) is 0 Å². The van der Waals surface area contributed by atoms with E-state index in [9.17, 15) is 4.79 Å². The Hall–Kier alpha value is -3.60. The van der Waals surface area contributed by atoms with Crippen LogP contribution in [-0.4, -0.2) is 24.9 Å². The van der Waals surface area contributed by atoms with Crippen LogP contribution in [0.2, 0.25) is 0 Å². The fourth-order valence-electron chi connectivity index (χ4n) is 4.69. The van der Waals surface area contributed by atoms with E-state index in [1.165, 1.54) is 5.56 Å². The normalized spacial score (nSPS) is 20.3. The maximum atomic E-state index is 12.1. The summed E-state index contributed by atoms with van der Waals surface area (Å²) in [6, 6.07) is 18.2. The third kappa shape index (κ3) is 2.62. The van der Waals surface area contributed by atoms with Crippen molar-refractivity contribution < 1.29 is 9.53 Å². The van der Waals surface area contributed by atoms with Gasteiger partial charge in [0.15, 0.2) is 0 Å². The second-order valence-corrected chi connectivity index (χ2v) is 8.84. The number of hydrogen-bond donors (Lipinski definition) is 1. The molecule has 0 radical (unpaired) electrons. The molecule has 31 heavy (non-hydrogen) atoms. The number of carbonyl (C=O) groups excluding carboxylic acids is 1. The number of ether oxygens (including phenoxy) is 1. The van der Waals surface area contributed by atoms with Crippen LogP contribution < -0.4 is 15.0 Å². The SMILES string of the molecule is C=C(C)C(=O)Nc1ccc2ccc3c(c2c1)N=CC1(O3)N(C)c2ccccc2C1(C)C. The van der Waals surface area contributed by atoms with E-state index in [1.54, 1.807) is 6.92 Å². The fraction of sp³-hybridized carbons (Fsp3) is 0.231. The van der Waals surface area contributed by atoms with Gasteiger partial charge in [0.2, 0.25) is 5.72 Å². The molecule has 5 heteroatoms. The molecule has 2 aliphatic heterocycles. The number of nitrogens with one attached hydrogen (secondary N) is 1. The number of anilines is 2. The van der Waals surface area contributed by atoms with Gasteiger partial charge in [0, 0.05) is 29.4 Å². The summed E-state index contributed by atoms with van der Waals surface area (Å²) >= 11 is 0. The van der Waals surface area contributed by atoms with Gasteiger partial charge in [-0.3, -0.25) is 9.79 Å². The third-order valence-electron chi connectivity index (χ3n) is 6.57. The summed E-state index contributed by atoms with van der Waals surface area (Å²) < 4.78 is 6.73. The number of aliphatic imine (C=N–C) groups is 1. The second kappa shape index (κ2) is 6.45. The quantitative estimate of drug-likeness (QED) is 0.561. The van der Waals surface area contributed by atoms with Gasteiger partial charge in [-0.1, -0.05) is 36.9 Å². The molecular formula is C26H25N3O2. The number of carbonyl (C=O) groups is 1. The zero-order valence-electron chi connectivity index (χ0n) is 18.2. The number of rotatable bonds is 2. The van der Waals surface area contributed by atoms with Crippen LogP contribution in [0.4, 0.5) is 17.1 Å². The van der Waals surface area contributed by atoms with E-state index in [4.69, 9.17) is 9.73 Å². The number of likely N-dealkylation sites (N-methyl/N-ethyl adjacent to an activating group) is 1. The molecule has 0 saturated carbocycles. The number of amides is 1. The predicted octanol–water partition coefficient (Wildman–Crippen LogP) is 5.57. The average molecular weight is 412 g/mol. The second-order valence-electron chi connectivity index (χ2n) is 8.84. The van der Waals surface area contributed by atoms with Crippen molar-refractivity contribution in [3.63, 3.8) is 0 Å². The Morgan fingerprint density at radius 1 is 1.13 bits per heavy atom. The molecule has 3 aromatic rings. The van der Waals surface area contributed by atoms with Crippen LogP contribution in [-0.2, 0) is 10.2 Å². The summed E-state index contributed by atoms with van der Waals surface area (Å²) in [4.78, 5) is 19.1. The maximum absolute atomic E-state index is 12.1. The molecule has 156 valence electrons. The van der Waals surface area contributed by atoms with E-state index in [2.05, 4.69) is 55.9 Å². The summed E-state index contributed by atoms with van der Waals surface area (Å²) in [6.07, 6.45) is 1.92. The van der Waals surface area contributed by atoms with Crippen molar-refractivity contribution in [2.45, 2.75) is 31.9 Å². The number of benzene rings is 3. The van der Waals surface area contributed by atoms with Crippen molar-refractivity contribution in [3.05, 3.63) is 72.3 Å². The minimum Gasteiger partial charge on any atom is -0.459 e. The Morgan fingerprint density at radius 3 is 2.61 bits per heavy atom. The van der Waals surface area contributed by atoms with Gasteiger partial charge in [0.1, 0.15) is 11.4 Å². The number of para-hydroxylation sites is 1.